The molecule has 0 saturated carbocycles. The van der Waals surface area contributed by atoms with Gasteiger partial charge >= 0.3 is 0 Å². The number of anilines is 1. The Balaban J connectivity index is 2.22. The van der Waals surface area contributed by atoms with E-state index >= 15 is 0 Å². The van der Waals surface area contributed by atoms with Gasteiger partial charge in [-0.25, -0.2) is 4.99 Å². The molecule has 1 fully saturated rings. The number of aliphatic imine (C=N–C) groups is 1. The number of rotatable bonds is 6. The van der Waals surface area contributed by atoms with Gasteiger partial charge in [0.05, 0.1) is 0 Å². The largest absolute Gasteiger partial charge is 0.420 e. The minimum Gasteiger partial charge on any atom is -0.420 e. The monoisotopic (exact) mass is 315 g/mol. The number of likely N-dealkylation sites (N-methyl/N-ethyl adjacent to an activating group) is 1. The van der Waals surface area contributed by atoms with Crippen molar-refractivity contribution < 1.29 is 9.53 Å². The zero-order valence-corrected chi connectivity index (χ0v) is 14.4. The molecule has 0 N–H and O–H groups in total. The van der Waals surface area contributed by atoms with Crippen molar-refractivity contribution >= 4 is 23.7 Å². The molecule has 124 valence electrons. The Hall–Kier alpha value is -2.30. The first-order chi connectivity index (χ1) is 11.1. The van der Waals surface area contributed by atoms with Crippen LogP contribution in [-0.2, 0) is 9.53 Å². The molecule has 1 aliphatic heterocycles. The van der Waals surface area contributed by atoms with Crippen molar-refractivity contribution in [2.45, 2.75) is 27.7 Å². The molecule has 0 spiro atoms. The van der Waals surface area contributed by atoms with Crippen LogP contribution in [0.2, 0.25) is 0 Å². The van der Waals surface area contributed by atoms with E-state index in [1.807, 2.05) is 26.0 Å². The summed E-state index contributed by atoms with van der Waals surface area (Å²) in [5.41, 5.74) is 2.12. The second-order valence-corrected chi connectivity index (χ2v) is 5.18. The van der Waals surface area contributed by atoms with Gasteiger partial charge in [-0.05, 0) is 51.5 Å². The third-order valence-corrected chi connectivity index (χ3v) is 3.82. The number of nitrogens with zero attached hydrogens (tertiary/aromatic N) is 3. The third-order valence-electron chi connectivity index (χ3n) is 3.82. The number of hydrogen-bond acceptors (Lipinski definition) is 4. The Morgan fingerprint density at radius 2 is 1.78 bits per heavy atom. The number of ether oxygens (including phenoxy) is 1. The maximum atomic E-state index is 12.3. The fourth-order valence-corrected chi connectivity index (χ4v) is 2.56. The van der Waals surface area contributed by atoms with Gasteiger partial charge in [0.2, 0.25) is 0 Å². The summed E-state index contributed by atoms with van der Waals surface area (Å²) in [6.07, 6.45) is 1.77. The maximum Gasteiger partial charge on any atom is 0.300 e. The number of amides is 1. The van der Waals surface area contributed by atoms with Crippen molar-refractivity contribution in [2.75, 3.05) is 31.1 Å². The van der Waals surface area contributed by atoms with E-state index in [0.717, 1.165) is 18.7 Å². The van der Waals surface area contributed by atoms with Crippen molar-refractivity contribution in [1.82, 2.24) is 4.90 Å². The summed E-state index contributed by atoms with van der Waals surface area (Å²) >= 11 is 0. The van der Waals surface area contributed by atoms with Crippen molar-refractivity contribution in [3.63, 3.8) is 0 Å². The SMILES string of the molecule is CCN=C1OC(=Cc2ccc(N(CC)CC)cc2)C(=O)N1CC. The lowest BCUT2D eigenvalue weighted by atomic mass is 10.1. The van der Waals surface area contributed by atoms with Crippen LogP contribution in [0.15, 0.2) is 35.0 Å². The molecule has 0 aromatic heterocycles. The average molecular weight is 315 g/mol. The Bertz CT molecular complexity index is 601. The van der Waals surface area contributed by atoms with Crippen LogP contribution < -0.4 is 4.90 Å². The summed E-state index contributed by atoms with van der Waals surface area (Å²) < 4.78 is 5.62. The smallest absolute Gasteiger partial charge is 0.300 e. The lowest BCUT2D eigenvalue weighted by Crippen LogP contribution is -2.29. The normalized spacial score (nSPS) is 17.9. The van der Waals surface area contributed by atoms with E-state index in [0.29, 0.717) is 24.9 Å². The first-order valence-electron chi connectivity index (χ1n) is 8.25. The highest BCUT2D eigenvalue weighted by Gasteiger charge is 2.33. The summed E-state index contributed by atoms with van der Waals surface area (Å²) in [5.74, 6) is 0.196. The Morgan fingerprint density at radius 1 is 1.13 bits per heavy atom. The molecule has 1 aliphatic rings. The van der Waals surface area contributed by atoms with E-state index in [9.17, 15) is 4.79 Å². The van der Waals surface area contributed by atoms with E-state index in [2.05, 4.69) is 35.9 Å². The summed E-state index contributed by atoms with van der Waals surface area (Å²) in [5, 5.41) is 0. The highest BCUT2D eigenvalue weighted by Crippen LogP contribution is 2.21. The van der Waals surface area contributed by atoms with E-state index in [1.54, 1.807) is 11.0 Å². The van der Waals surface area contributed by atoms with Gasteiger partial charge in [-0.2, -0.15) is 0 Å². The molecule has 5 nitrogen and oxygen atoms in total. The standard InChI is InChI=1S/C18H25N3O2/c1-5-19-18-21(8-4)17(22)16(23-18)13-14-9-11-15(12-10-14)20(6-2)7-3/h9-13H,5-8H2,1-4H3. The lowest BCUT2D eigenvalue weighted by Gasteiger charge is -2.20. The van der Waals surface area contributed by atoms with Crippen LogP contribution in [0.4, 0.5) is 5.69 Å². The molecule has 0 radical (unpaired) electrons. The van der Waals surface area contributed by atoms with Crippen LogP contribution in [0.25, 0.3) is 6.08 Å². The predicted octanol–water partition coefficient (Wildman–Crippen LogP) is 3.13. The first kappa shape index (κ1) is 17.1. The van der Waals surface area contributed by atoms with Crippen LogP contribution in [0.3, 0.4) is 0 Å². The van der Waals surface area contributed by atoms with E-state index in [-0.39, 0.29) is 5.91 Å². The number of amidine groups is 1. The zero-order valence-electron chi connectivity index (χ0n) is 14.4. The highest BCUT2D eigenvalue weighted by atomic mass is 16.5. The van der Waals surface area contributed by atoms with Gasteiger partial charge in [-0.1, -0.05) is 12.1 Å². The lowest BCUT2D eigenvalue weighted by molar-refractivity contribution is -0.122. The van der Waals surface area contributed by atoms with E-state index < -0.39 is 0 Å². The van der Waals surface area contributed by atoms with Crippen LogP contribution in [-0.4, -0.2) is 43.0 Å². The quantitative estimate of drug-likeness (QED) is 0.758. The van der Waals surface area contributed by atoms with Crippen molar-refractivity contribution in [3.8, 4) is 0 Å². The third kappa shape index (κ3) is 3.73. The highest BCUT2D eigenvalue weighted by molar-refractivity contribution is 6.11. The van der Waals surface area contributed by atoms with Crippen molar-refractivity contribution in [1.29, 1.82) is 0 Å². The zero-order chi connectivity index (χ0) is 16.8. The van der Waals surface area contributed by atoms with Gasteiger partial charge in [-0.3, -0.25) is 9.69 Å². The molecule has 1 aromatic carbocycles. The second-order valence-electron chi connectivity index (χ2n) is 5.18. The van der Waals surface area contributed by atoms with Gasteiger partial charge in [0, 0.05) is 31.9 Å². The minimum absolute atomic E-state index is 0.132. The van der Waals surface area contributed by atoms with Crippen molar-refractivity contribution in [2.24, 2.45) is 4.99 Å². The second kappa shape index (κ2) is 7.81. The molecule has 1 aromatic rings. The van der Waals surface area contributed by atoms with Gasteiger partial charge in [-0.15, -0.1) is 0 Å². The molecule has 0 unspecified atom stereocenters. The average Bonchev–Trinajstić information content (AvgIpc) is 2.85. The molecule has 0 bridgehead atoms. The predicted molar refractivity (Wildman–Crippen MR) is 94.4 cm³/mol. The number of benzene rings is 1. The number of hydrogen-bond donors (Lipinski definition) is 0. The van der Waals surface area contributed by atoms with Crippen LogP contribution in [0.1, 0.15) is 33.3 Å². The molecule has 1 heterocycles. The van der Waals surface area contributed by atoms with Gasteiger partial charge < -0.3 is 9.64 Å². The molecule has 0 atom stereocenters. The molecule has 1 amide bonds. The van der Waals surface area contributed by atoms with Gasteiger partial charge in [0.25, 0.3) is 11.9 Å². The van der Waals surface area contributed by atoms with Crippen LogP contribution in [0, 0.1) is 0 Å². The fourth-order valence-electron chi connectivity index (χ4n) is 2.56. The van der Waals surface area contributed by atoms with Crippen LogP contribution in [0.5, 0.6) is 0 Å². The molecule has 2 rings (SSSR count). The molecule has 5 heteroatoms. The number of carbonyl (C=O) groups excluding carboxylic acids is 1. The summed E-state index contributed by atoms with van der Waals surface area (Å²) in [4.78, 5) is 20.4. The summed E-state index contributed by atoms with van der Waals surface area (Å²) in [7, 11) is 0. The van der Waals surface area contributed by atoms with Crippen LogP contribution >= 0.6 is 0 Å². The number of carbonyl (C=O) groups is 1. The van der Waals surface area contributed by atoms with Gasteiger partial charge in [0.15, 0.2) is 5.76 Å². The Morgan fingerprint density at radius 3 is 2.30 bits per heavy atom. The van der Waals surface area contributed by atoms with E-state index in [1.165, 1.54) is 5.69 Å². The molecular weight excluding hydrogens is 290 g/mol. The topological polar surface area (TPSA) is 45.1 Å². The minimum atomic E-state index is -0.132. The molecular formula is C18H25N3O2. The Kier molecular flexibility index (Phi) is 5.79. The first-order valence-corrected chi connectivity index (χ1v) is 8.25. The fraction of sp³-hybridized carbons (Fsp3) is 0.444. The maximum absolute atomic E-state index is 12.3. The Labute approximate surface area is 138 Å². The summed E-state index contributed by atoms with van der Waals surface area (Å²) in [6, 6.07) is 8.53. The molecule has 23 heavy (non-hydrogen) atoms. The molecule has 0 aliphatic carbocycles. The molecule has 1 saturated heterocycles. The van der Waals surface area contributed by atoms with Crippen molar-refractivity contribution in [3.05, 3.63) is 35.6 Å². The van der Waals surface area contributed by atoms with Gasteiger partial charge in [0.1, 0.15) is 0 Å². The van der Waals surface area contributed by atoms with E-state index in [4.69, 9.17) is 4.74 Å². The summed E-state index contributed by atoms with van der Waals surface area (Å²) in [6.45, 7) is 11.2.